The number of aliphatic hydroxyl groups is 1. The quantitative estimate of drug-likeness (QED) is 0.310. The summed E-state index contributed by atoms with van der Waals surface area (Å²) in [6.45, 7) is 5.82. The highest BCUT2D eigenvalue weighted by atomic mass is 32.2. The standard InChI is InChI=1S/C15H28N2O5S3Si/c1-12(2)24-15-10-16-17(25-15)23-11-14(19)9-13(18)7-6-8-26(20-3,21-4)22-5/h10,14,16,19H,1,6-9,11H2,2-5H3. The van der Waals surface area contributed by atoms with Gasteiger partial charge in [-0.2, -0.15) is 0 Å². The van der Waals surface area contributed by atoms with Crippen LogP contribution in [0.1, 0.15) is 26.2 Å². The Kier molecular flexibility index (Phi) is 11.5. The third kappa shape index (κ3) is 8.80. The number of hydrogen-bond donors (Lipinski definition) is 2. The second-order valence-corrected chi connectivity index (χ2v) is 12.5. The van der Waals surface area contributed by atoms with E-state index in [4.69, 9.17) is 13.3 Å². The Morgan fingerprint density at radius 3 is 2.65 bits per heavy atom. The maximum atomic E-state index is 12.0. The third-order valence-corrected chi connectivity index (χ3v) is 9.41. The molecule has 0 fully saturated rings. The van der Waals surface area contributed by atoms with Crippen molar-refractivity contribution < 1.29 is 23.2 Å². The third-order valence-electron chi connectivity index (χ3n) is 3.45. The summed E-state index contributed by atoms with van der Waals surface area (Å²) in [4.78, 5) is 13.1. The molecule has 1 atom stereocenters. The number of nitrogens with zero attached hydrogens (tertiary/aromatic N) is 1. The van der Waals surface area contributed by atoms with Crippen molar-refractivity contribution in [2.75, 3.05) is 27.1 Å². The average Bonchev–Trinajstić information content (AvgIpc) is 3.04. The van der Waals surface area contributed by atoms with E-state index >= 15 is 0 Å². The number of carbonyl (C=O) groups excluding carboxylic acids is 1. The van der Waals surface area contributed by atoms with Gasteiger partial charge in [0.1, 0.15) is 5.78 Å². The van der Waals surface area contributed by atoms with Crippen LogP contribution in [0.25, 0.3) is 0 Å². The second-order valence-electron chi connectivity index (χ2n) is 5.59. The van der Waals surface area contributed by atoms with Crippen molar-refractivity contribution in [2.45, 2.75) is 38.3 Å². The van der Waals surface area contributed by atoms with Gasteiger partial charge < -0.3 is 23.8 Å². The molecule has 7 nitrogen and oxygen atoms in total. The number of aliphatic hydroxyl groups excluding tert-OH is 1. The molecule has 11 heteroatoms. The average molecular weight is 441 g/mol. The molecule has 2 N–H and O–H groups in total. The molecule has 0 aromatic heterocycles. The Balaban J connectivity index is 2.20. The monoisotopic (exact) mass is 440 g/mol. The number of ketones is 1. The van der Waals surface area contributed by atoms with Crippen molar-refractivity contribution in [2.24, 2.45) is 0 Å². The number of Topliss-reactive ketones (excluding diaryl/α,β-unsaturated/α-hetero) is 1. The van der Waals surface area contributed by atoms with Crippen molar-refractivity contribution in [3.05, 3.63) is 21.9 Å². The Hall–Kier alpha value is 0.0169. The Morgan fingerprint density at radius 1 is 1.42 bits per heavy atom. The van der Waals surface area contributed by atoms with Crippen LogP contribution in [0.3, 0.4) is 0 Å². The molecule has 1 rings (SSSR count). The summed E-state index contributed by atoms with van der Waals surface area (Å²) in [5.74, 6) is 0.473. The van der Waals surface area contributed by atoms with E-state index < -0.39 is 14.9 Å². The van der Waals surface area contributed by atoms with E-state index in [-0.39, 0.29) is 12.2 Å². The summed E-state index contributed by atoms with van der Waals surface area (Å²) in [5, 5.41) is 10.1. The lowest BCUT2D eigenvalue weighted by atomic mass is 10.1. The van der Waals surface area contributed by atoms with Gasteiger partial charge in [0.05, 0.1) is 10.3 Å². The van der Waals surface area contributed by atoms with Crippen LogP contribution in [-0.4, -0.2) is 56.7 Å². The van der Waals surface area contributed by atoms with Gasteiger partial charge in [0.25, 0.3) is 0 Å². The molecule has 26 heavy (non-hydrogen) atoms. The molecule has 0 radical (unpaired) electrons. The van der Waals surface area contributed by atoms with E-state index in [0.29, 0.717) is 24.6 Å². The fraction of sp³-hybridized carbons (Fsp3) is 0.667. The van der Waals surface area contributed by atoms with E-state index in [9.17, 15) is 9.90 Å². The Labute approximate surface area is 169 Å². The second kappa shape index (κ2) is 12.5. The highest BCUT2D eigenvalue weighted by Gasteiger charge is 2.37. The lowest BCUT2D eigenvalue weighted by molar-refractivity contribution is -0.120. The number of carbonyl (C=O) groups is 1. The summed E-state index contributed by atoms with van der Waals surface area (Å²) in [6.07, 6.45) is 2.36. The zero-order chi connectivity index (χ0) is 19.6. The summed E-state index contributed by atoms with van der Waals surface area (Å²) in [7, 11) is 2.05. The lowest BCUT2D eigenvalue weighted by Crippen LogP contribution is -2.42. The lowest BCUT2D eigenvalue weighted by Gasteiger charge is -2.24. The predicted octanol–water partition coefficient (Wildman–Crippen LogP) is 3.15. The van der Waals surface area contributed by atoms with Gasteiger partial charge in [-0.15, -0.1) is 3.82 Å². The number of nitrogens with one attached hydrogen (secondary N) is 1. The fourth-order valence-electron chi connectivity index (χ4n) is 2.16. The molecule has 1 heterocycles. The normalized spacial score (nSPS) is 16.3. The molecule has 0 aliphatic carbocycles. The molecular weight excluding hydrogens is 412 g/mol. The highest BCUT2D eigenvalue weighted by molar-refractivity contribution is 8.26. The van der Waals surface area contributed by atoms with Gasteiger partial charge in [0.2, 0.25) is 0 Å². The molecule has 0 saturated heterocycles. The summed E-state index contributed by atoms with van der Waals surface area (Å²) < 4.78 is 18.9. The van der Waals surface area contributed by atoms with Crippen molar-refractivity contribution in [3.8, 4) is 0 Å². The first-order valence-electron chi connectivity index (χ1n) is 8.10. The summed E-state index contributed by atoms with van der Waals surface area (Å²) in [5.41, 5.74) is 3.09. The molecule has 0 bridgehead atoms. The van der Waals surface area contributed by atoms with Crippen LogP contribution >= 0.6 is 35.7 Å². The number of allylic oxidation sites excluding steroid dienone is 1. The number of rotatable bonds is 14. The largest absolute Gasteiger partial charge is 0.500 e. The summed E-state index contributed by atoms with van der Waals surface area (Å²) in [6, 6.07) is 0.580. The molecular formula is C15H28N2O5S3Si. The highest BCUT2D eigenvalue weighted by Crippen LogP contribution is 2.40. The minimum absolute atomic E-state index is 0.0306. The first-order valence-corrected chi connectivity index (χ1v) is 12.6. The maximum Gasteiger partial charge on any atom is 0.500 e. The molecule has 0 amide bonds. The van der Waals surface area contributed by atoms with Crippen LogP contribution in [0.5, 0.6) is 0 Å². The van der Waals surface area contributed by atoms with Gasteiger partial charge in [-0.25, -0.2) is 0 Å². The number of hydrogen-bond acceptors (Lipinski definition) is 10. The van der Waals surface area contributed by atoms with Crippen molar-refractivity contribution in [1.82, 2.24) is 9.25 Å². The smallest absolute Gasteiger partial charge is 0.392 e. The zero-order valence-electron chi connectivity index (χ0n) is 15.6. The molecule has 0 saturated carbocycles. The van der Waals surface area contributed by atoms with Gasteiger partial charge in [0, 0.05) is 64.1 Å². The van der Waals surface area contributed by atoms with E-state index in [1.807, 2.05) is 16.9 Å². The Bertz CT molecular complexity index is 497. The molecule has 1 aliphatic heterocycles. The molecule has 150 valence electrons. The molecule has 0 spiro atoms. The van der Waals surface area contributed by atoms with Crippen LogP contribution in [0.2, 0.25) is 6.04 Å². The number of thioether (sulfide) groups is 1. The van der Waals surface area contributed by atoms with Crippen LogP contribution in [0.4, 0.5) is 0 Å². The van der Waals surface area contributed by atoms with Crippen LogP contribution in [0.15, 0.2) is 21.9 Å². The van der Waals surface area contributed by atoms with Crippen LogP contribution < -0.4 is 5.43 Å². The first kappa shape index (κ1) is 24.1. The topological polar surface area (TPSA) is 80.3 Å². The SMILES string of the molecule is C=C(C)SC1=CNN(SCC(O)CC(=O)CCC[Si](OC)(OC)OC)S1. The van der Waals surface area contributed by atoms with E-state index in [0.717, 1.165) is 9.14 Å². The molecule has 1 unspecified atom stereocenters. The first-order chi connectivity index (χ1) is 12.3. The molecule has 0 aromatic rings. The Morgan fingerprint density at radius 2 is 2.08 bits per heavy atom. The van der Waals surface area contributed by atoms with E-state index in [2.05, 4.69) is 12.0 Å². The van der Waals surface area contributed by atoms with Gasteiger partial charge in [-0.05, 0) is 30.2 Å². The van der Waals surface area contributed by atoms with Crippen molar-refractivity contribution >= 4 is 50.2 Å². The van der Waals surface area contributed by atoms with Crippen LogP contribution in [0, 0.1) is 0 Å². The van der Waals surface area contributed by atoms with Crippen LogP contribution in [-0.2, 0) is 18.1 Å². The van der Waals surface area contributed by atoms with Gasteiger partial charge in [-0.3, -0.25) is 4.79 Å². The van der Waals surface area contributed by atoms with Gasteiger partial charge in [-0.1, -0.05) is 18.3 Å². The van der Waals surface area contributed by atoms with Crippen molar-refractivity contribution in [3.63, 3.8) is 0 Å². The molecule has 1 aliphatic rings. The number of hydrazine groups is 1. The predicted molar refractivity (Wildman–Crippen MR) is 112 cm³/mol. The van der Waals surface area contributed by atoms with Gasteiger partial charge >= 0.3 is 8.80 Å². The molecule has 0 aromatic carbocycles. The van der Waals surface area contributed by atoms with E-state index in [1.54, 1.807) is 33.1 Å². The maximum absolute atomic E-state index is 12.0. The fourth-order valence-corrected chi connectivity index (χ4v) is 6.84. The van der Waals surface area contributed by atoms with Crippen molar-refractivity contribution in [1.29, 1.82) is 0 Å². The van der Waals surface area contributed by atoms with Gasteiger partial charge in [0.15, 0.2) is 0 Å². The zero-order valence-corrected chi connectivity index (χ0v) is 19.1. The minimum atomic E-state index is -2.63. The minimum Gasteiger partial charge on any atom is -0.392 e. The summed E-state index contributed by atoms with van der Waals surface area (Å²) >= 11 is 4.57. The van der Waals surface area contributed by atoms with E-state index in [1.165, 1.54) is 23.9 Å².